The maximum Gasteiger partial charge on any atom is 0.214 e. The summed E-state index contributed by atoms with van der Waals surface area (Å²) in [6.07, 6.45) is 0.972. The van der Waals surface area contributed by atoms with E-state index in [1.807, 2.05) is 20.8 Å². The Balaban J connectivity index is 2.91. The van der Waals surface area contributed by atoms with Crippen LogP contribution < -0.4 is 0 Å². The smallest absolute Gasteiger partial charge is 0.212 e. The van der Waals surface area contributed by atoms with E-state index in [1.165, 1.54) is 0 Å². The normalized spacial score (nSPS) is 28.0. The van der Waals surface area contributed by atoms with Gasteiger partial charge in [-0.25, -0.2) is 8.42 Å². The van der Waals surface area contributed by atoms with Gasteiger partial charge in [-0.1, -0.05) is 20.8 Å². The van der Waals surface area contributed by atoms with Gasteiger partial charge in [0.2, 0.25) is 10.0 Å². The summed E-state index contributed by atoms with van der Waals surface area (Å²) in [5, 5.41) is 0. The maximum atomic E-state index is 12.2. The molecule has 0 radical (unpaired) electrons. The molecule has 0 amide bonds. The van der Waals surface area contributed by atoms with E-state index in [2.05, 4.69) is 20.8 Å². The molecule has 1 aliphatic rings. The highest BCUT2D eigenvalue weighted by molar-refractivity contribution is 7.89. The molecule has 16 heavy (non-hydrogen) atoms. The van der Waals surface area contributed by atoms with Gasteiger partial charge in [0, 0.05) is 12.1 Å². The second kappa shape index (κ2) is 3.98. The molecule has 0 aromatic heterocycles. The summed E-state index contributed by atoms with van der Waals surface area (Å²) in [5.41, 5.74) is -0.210. The first-order valence-corrected chi connectivity index (χ1v) is 7.56. The highest BCUT2D eigenvalue weighted by Crippen LogP contribution is 2.36. The first kappa shape index (κ1) is 14.0. The fourth-order valence-corrected chi connectivity index (χ4v) is 4.85. The van der Waals surface area contributed by atoms with Crippen molar-refractivity contribution in [3.63, 3.8) is 0 Å². The van der Waals surface area contributed by atoms with Crippen LogP contribution in [0.3, 0.4) is 0 Å². The van der Waals surface area contributed by atoms with Crippen molar-refractivity contribution in [3.8, 4) is 0 Å². The Bertz CT molecular complexity index is 346. The molecule has 0 aromatic rings. The largest absolute Gasteiger partial charge is 0.214 e. The molecule has 1 unspecified atom stereocenters. The van der Waals surface area contributed by atoms with Crippen molar-refractivity contribution in [3.05, 3.63) is 0 Å². The Morgan fingerprint density at radius 2 is 1.56 bits per heavy atom. The minimum Gasteiger partial charge on any atom is -0.212 e. The lowest BCUT2D eigenvalue weighted by Gasteiger charge is -2.43. The number of sulfonamides is 1. The molecule has 1 atom stereocenters. The number of hydrogen-bond acceptors (Lipinski definition) is 2. The number of rotatable bonds is 0. The summed E-state index contributed by atoms with van der Waals surface area (Å²) >= 11 is 0. The zero-order valence-corrected chi connectivity index (χ0v) is 12.2. The van der Waals surface area contributed by atoms with Crippen molar-refractivity contribution in [2.24, 2.45) is 11.3 Å². The monoisotopic (exact) mass is 247 g/mol. The molecular weight excluding hydrogens is 222 g/mol. The van der Waals surface area contributed by atoms with Crippen LogP contribution in [0.25, 0.3) is 0 Å². The molecule has 1 fully saturated rings. The lowest BCUT2D eigenvalue weighted by atomic mass is 9.80. The fraction of sp³-hybridized carbons (Fsp3) is 1.00. The topological polar surface area (TPSA) is 37.4 Å². The van der Waals surface area contributed by atoms with Crippen LogP contribution in [0, 0.1) is 11.3 Å². The summed E-state index contributed by atoms with van der Waals surface area (Å²) in [6.45, 7) is 12.9. The van der Waals surface area contributed by atoms with Gasteiger partial charge >= 0.3 is 0 Å². The first-order valence-electron chi connectivity index (χ1n) is 5.95. The average Bonchev–Trinajstić information content (AvgIpc) is 1.97. The van der Waals surface area contributed by atoms with Gasteiger partial charge in [0.25, 0.3) is 0 Å². The van der Waals surface area contributed by atoms with Gasteiger partial charge in [-0.05, 0) is 38.5 Å². The van der Waals surface area contributed by atoms with Gasteiger partial charge in [-0.15, -0.1) is 0 Å². The van der Waals surface area contributed by atoms with E-state index in [4.69, 9.17) is 0 Å². The second-order valence-electron chi connectivity index (χ2n) is 6.87. The van der Waals surface area contributed by atoms with Crippen molar-refractivity contribution < 1.29 is 8.42 Å². The van der Waals surface area contributed by atoms with Gasteiger partial charge in [0.15, 0.2) is 0 Å². The molecule has 96 valence electrons. The second-order valence-corrected chi connectivity index (χ2v) is 8.81. The molecule has 0 aliphatic carbocycles. The Morgan fingerprint density at radius 1 is 1.06 bits per heavy atom. The summed E-state index contributed by atoms with van der Waals surface area (Å²) in [6, 6.07) is 0. The van der Waals surface area contributed by atoms with Crippen LogP contribution in [0.15, 0.2) is 0 Å². The fourth-order valence-electron chi connectivity index (χ4n) is 2.28. The van der Waals surface area contributed by atoms with Crippen molar-refractivity contribution >= 4 is 10.0 Å². The zero-order chi connectivity index (χ0) is 12.8. The van der Waals surface area contributed by atoms with Crippen LogP contribution >= 0.6 is 0 Å². The molecule has 3 nitrogen and oxygen atoms in total. The predicted octanol–water partition coefficient (Wildman–Crippen LogP) is 2.48. The van der Waals surface area contributed by atoms with Gasteiger partial charge in [-0.2, -0.15) is 4.31 Å². The van der Waals surface area contributed by atoms with E-state index < -0.39 is 10.0 Å². The summed E-state index contributed by atoms with van der Waals surface area (Å²) in [5.74, 6) is 0.574. The van der Waals surface area contributed by atoms with Gasteiger partial charge < -0.3 is 0 Å². The molecule has 0 spiro atoms. The average molecular weight is 247 g/mol. The van der Waals surface area contributed by atoms with E-state index in [-0.39, 0.29) is 16.9 Å². The van der Waals surface area contributed by atoms with Crippen LogP contribution in [-0.4, -0.2) is 30.6 Å². The Morgan fingerprint density at radius 3 is 1.88 bits per heavy atom. The van der Waals surface area contributed by atoms with Crippen LogP contribution in [0.2, 0.25) is 0 Å². The SMILES string of the molecule is CC(C)(C)C1CCN(C(C)(C)C)S(=O)(=O)C1. The quantitative estimate of drug-likeness (QED) is 0.659. The standard InChI is InChI=1S/C12H25NO2S/c1-11(2,3)10-7-8-13(12(4,5)6)16(14,15)9-10/h10H,7-9H2,1-6H3. The number of hydrogen-bond donors (Lipinski definition) is 0. The van der Waals surface area contributed by atoms with Crippen LogP contribution in [0.1, 0.15) is 48.0 Å². The van der Waals surface area contributed by atoms with Crippen LogP contribution in [0.4, 0.5) is 0 Å². The van der Waals surface area contributed by atoms with E-state index in [1.54, 1.807) is 4.31 Å². The van der Waals surface area contributed by atoms with E-state index in [0.717, 1.165) is 6.42 Å². The zero-order valence-electron chi connectivity index (χ0n) is 11.4. The van der Waals surface area contributed by atoms with E-state index >= 15 is 0 Å². The summed E-state index contributed by atoms with van der Waals surface area (Å²) in [7, 11) is -3.08. The van der Waals surface area contributed by atoms with Gasteiger partial charge in [-0.3, -0.25) is 0 Å². The Kier molecular flexibility index (Phi) is 3.48. The molecular formula is C12H25NO2S. The van der Waals surface area contributed by atoms with Crippen LogP contribution in [-0.2, 0) is 10.0 Å². The lowest BCUT2D eigenvalue weighted by Crippen LogP contribution is -2.53. The Hall–Kier alpha value is -0.0900. The van der Waals surface area contributed by atoms with Crippen molar-refractivity contribution in [1.29, 1.82) is 0 Å². The number of nitrogens with zero attached hydrogens (tertiary/aromatic N) is 1. The third kappa shape index (κ3) is 2.98. The molecule has 0 bridgehead atoms. The molecule has 1 rings (SSSR count). The van der Waals surface area contributed by atoms with Crippen molar-refractivity contribution in [2.45, 2.75) is 53.5 Å². The first-order chi connectivity index (χ1) is 6.94. The maximum absolute atomic E-state index is 12.2. The van der Waals surface area contributed by atoms with E-state index in [0.29, 0.717) is 12.3 Å². The van der Waals surface area contributed by atoms with Crippen molar-refractivity contribution in [1.82, 2.24) is 4.31 Å². The summed E-state index contributed by atoms with van der Waals surface area (Å²) < 4.78 is 26.1. The summed E-state index contributed by atoms with van der Waals surface area (Å²) in [4.78, 5) is 0. The van der Waals surface area contributed by atoms with Gasteiger partial charge in [0.05, 0.1) is 5.75 Å². The molecule has 1 aliphatic heterocycles. The molecule has 1 saturated heterocycles. The highest BCUT2D eigenvalue weighted by atomic mass is 32.2. The molecule has 0 N–H and O–H groups in total. The Labute approximate surface area is 100 Å². The van der Waals surface area contributed by atoms with Gasteiger partial charge in [0.1, 0.15) is 0 Å². The molecule has 0 saturated carbocycles. The van der Waals surface area contributed by atoms with Crippen molar-refractivity contribution in [2.75, 3.05) is 12.3 Å². The molecule has 0 aromatic carbocycles. The van der Waals surface area contributed by atoms with Crippen LogP contribution in [0.5, 0.6) is 0 Å². The predicted molar refractivity (Wildman–Crippen MR) is 67.8 cm³/mol. The molecule has 1 heterocycles. The molecule has 4 heteroatoms. The third-order valence-corrected chi connectivity index (χ3v) is 5.63. The third-order valence-electron chi connectivity index (χ3n) is 3.40. The highest BCUT2D eigenvalue weighted by Gasteiger charge is 2.41. The minimum atomic E-state index is -3.08. The lowest BCUT2D eigenvalue weighted by molar-refractivity contribution is 0.168. The van der Waals surface area contributed by atoms with E-state index in [9.17, 15) is 8.42 Å². The minimum absolute atomic E-state index is 0.0804.